The van der Waals surface area contributed by atoms with Crippen molar-refractivity contribution in [3.8, 4) is 0 Å². The van der Waals surface area contributed by atoms with Gasteiger partial charge in [0.2, 0.25) is 6.67 Å². The van der Waals surface area contributed by atoms with Crippen LogP contribution < -0.4 is 9.80 Å². The summed E-state index contributed by atoms with van der Waals surface area (Å²) in [6.07, 6.45) is 2.39. The van der Waals surface area contributed by atoms with Crippen molar-refractivity contribution in [2.24, 2.45) is 0 Å². The Labute approximate surface area is 213 Å². The van der Waals surface area contributed by atoms with E-state index < -0.39 is 17.8 Å². The highest BCUT2D eigenvalue weighted by Gasteiger charge is 2.36. The van der Waals surface area contributed by atoms with Gasteiger partial charge in [0.05, 0.1) is 12.5 Å². The summed E-state index contributed by atoms with van der Waals surface area (Å²) in [6, 6.07) is 8.48. The lowest BCUT2D eigenvalue weighted by atomic mass is 10.0. The van der Waals surface area contributed by atoms with E-state index in [1.165, 1.54) is 34.4 Å². The van der Waals surface area contributed by atoms with Crippen LogP contribution >= 0.6 is 0 Å². The first kappa shape index (κ1) is 25.5. The molecular weight excluding hydrogens is 454 g/mol. The van der Waals surface area contributed by atoms with Crippen LogP contribution in [0.1, 0.15) is 39.8 Å². The second-order valence-electron chi connectivity index (χ2n) is 9.82. The molecule has 0 saturated carbocycles. The zero-order chi connectivity index (χ0) is 26.1. The van der Waals surface area contributed by atoms with Crippen LogP contribution in [0, 0.1) is 48.2 Å². The predicted molar refractivity (Wildman–Crippen MR) is 140 cm³/mol. The van der Waals surface area contributed by atoms with Gasteiger partial charge in [0, 0.05) is 36.6 Å². The first-order chi connectivity index (χ1) is 17.0. The minimum absolute atomic E-state index is 0.0141. The molecule has 4 rings (SSSR count). The topological polar surface area (TPSA) is 70.2 Å². The average molecular weight is 488 g/mol. The average Bonchev–Trinajstić information content (AvgIpc) is 3.32. The van der Waals surface area contributed by atoms with E-state index in [1.807, 2.05) is 0 Å². The molecule has 188 valence electrons. The number of rotatable bonds is 7. The van der Waals surface area contributed by atoms with Gasteiger partial charge in [-0.05, 0) is 63.8 Å². The Bertz CT molecular complexity index is 1190. The van der Waals surface area contributed by atoms with Crippen molar-refractivity contribution in [1.82, 2.24) is 4.90 Å². The minimum atomic E-state index is -0.444. The number of hydrogen-bond donors (Lipinski definition) is 0. The molecule has 36 heavy (non-hydrogen) atoms. The van der Waals surface area contributed by atoms with Crippen molar-refractivity contribution in [3.05, 3.63) is 76.5 Å². The number of carbonyl (C=O) groups excluding carboxylic acids is 3. The van der Waals surface area contributed by atoms with Gasteiger partial charge in [0.15, 0.2) is 0 Å². The highest BCUT2D eigenvalue weighted by molar-refractivity contribution is 6.13. The lowest BCUT2D eigenvalue weighted by molar-refractivity contribution is -0.145. The summed E-state index contributed by atoms with van der Waals surface area (Å²) in [5.41, 5.74) is 9.19. The number of amides is 2. The van der Waals surface area contributed by atoms with Crippen molar-refractivity contribution >= 4 is 29.2 Å². The molecule has 0 aliphatic carbocycles. The van der Waals surface area contributed by atoms with E-state index in [2.05, 4.69) is 82.3 Å². The molecule has 1 atom stereocenters. The van der Waals surface area contributed by atoms with Gasteiger partial charge in [-0.1, -0.05) is 35.4 Å². The van der Waals surface area contributed by atoms with Crippen LogP contribution in [0.25, 0.3) is 0 Å². The Kier molecular flexibility index (Phi) is 7.20. The summed E-state index contributed by atoms with van der Waals surface area (Å²) in [7, 11) is 0. The second-order valence-corrected chi connectivity index (χ2v) is 9.82. The van der Waals surface area contributed by atoms with Crippen molar-refractivity contribution in [2.75, 3.05) is 29.5 Å². The molecule has 2 aromatic carbocycles. The quantitative estimate of drug-likeness (QED) is 0.433. The van der Waals surface area contributed by atoms with Gasteiger partial charge in [-0.15, -0.1) is 0 Å². The summed E-state index contributed by atoms with van der Waals surface area (Å²) in [4.78, 5) is 41.3. The standard InChI is InChI=1S/C29H33N3O4/c1-18-11-20(3)28(21(4)12-18)30-15-24(32(17-30)29-22(5)13-19(2)14-23(29)6)16-36-27(35)9-10-31-25(33)7-8-26(31)34/h7-8,11-14,24H,9-10,15-16H2,1-6H3. The summed E-state index contributed by atoms with van der Waals surface area (Å²) in [5, 5.41) is 0. The van der Waals surface area contributed by atoms with E-state index >= 15 is 0 Å². The Morgan fingerprint density at radius 3 is 1.89 bits per heavy atom. The summed E-state index contributed by atoms with van der Waals surface area (Å²) >= 11 is 0. The fraction of sp³-hybridized carbons (Fsp3) is 0.379. The molecule has 1 saturated heterocycles. The number of nitrogens with zero attached hydrogens (tertiary/aromatic N) is 3. The number of imide groups is 1. The zero-order valence-corrected chi connectivity index (χ0v) is 21.8. The van der Waals surface area contributed by atoms with Crippen molar-refractivity contribution < 1.29 is 19.1 Å². The van der Waals surface area contributed by atoms with Crippen LogP contribution in [0.5, 0.6) is 0 Å². The molecule has 2 aliphatic rings. The fourth-order valence-corrected chi connectivity index (χ4v) is 5.31. The first-order valence-corrected chi connectivity index (χ1v) is 12.2. The number of benzene rings is 2. The number of ether oxygens (including phenoxy) is 1. The second kappa shape index (κ2) is 10.2. The Morgan fingerprint density at radius 1 is 0.861 bits per heavy atom. The molecule has 0 spiro atoms. The van der Waals surface area contributed by atoms with Crippen LogP contribution in [-0.2, 0) is 19.1 Å². The van der Waals surface area contributed by atoms with E-state index in [0.29, 0.717) is 6.54 Å². The lowest BCUT2D eigenvalue weighted by Crippen LogP contribution is -2.36. The van der Waals surface area contributed by atoms with Gasteiger partial charge >= 0.3 is 5.97 Å². The van der Waals surface area contributed by atoms with Gasteiger partial charge < -0.3 is 14.5 Å². The predicted octanol–water partition coefficient (Wildman–Crippen LogP) is 4.09. The number of aryl methyl sites for hydroxylation is 6. The molecule has 1 unspecified atom stereocenters. The molecule has 0 aromatic heterocycles. The van der Waals surface area contributed by atoms with Crippen LogP contribution in [0.3, 0.4) is 0 Å². The summed E-state index contributed by atoms with van der Waals surface area (Å²) in [5.74, 6) is -1.24. The van der Waals surface area contributed by atoms with Crippen molar-refractivity contribution in [2.45, 2.75) is 54.0 Å². The smallest absolute Gasteiger partial charge is 0.307 e. The van der Waals surface area contributed by atoms with Gasteiger partial charge in [-0.3, -0.25) is 19.3 Å². The number of anilines is 2. The molecule has 7 heteroatoms. The van der Waals surface area contributed by atoms with Gasteiger partial charge in [0.25, 0.3) is 11.8 Å². The lowest BCUT2D eigenvalue weighted by Gasteiger charge is -2.28. The normalized spacial score (nSPS) is 17.5. The number of hydrogen-bond acceptors (Lipinski definition) is 6. The molecule has 0 bridgehead atoms. The third-order valence-electron chi connectivity index (χ3n) is 6.65. The largest absolute Gasteiger partial charge is 0.463 e. The Morgan fingerprint density at radius 2 is 1.36 bits per heavy atom. The summed E-state index contributed by atoms with van der Waals surface area (Å²) < 4.78 is 5.66. The third kappa shape index (κ3) is 5.15. The molecule has 0 N–H and O–H groups in total. The Balaban J connectivity index is 1.53. The van der Waals surface area contributed by atoms with Crippen LogP contribution in [0.2, 0.25) is 0 Å². The van der Waals surface area contributed by atoms with Crippen molar-refractivity contribution in [3.63, 3.8) is 0 Å². The zero-order valence-electron chi connectivity index (χ0n) is 21.8. The Hall–Kier alpha value is -3.61. The van der Waals surface area contributed by atoms with E-state index in [4.69, 9.17) is 4.74 Å². The number of esters is 1. The molecule has 1 fully saturated rings. The van der Waals surface area contributed by atoms with Crippen LogP contribution in [0.15, 0.2) is 36.4 Å². The maximum Gasteiger partial charge on any atom is 0.307 e. The summed E-state index contributed by atoms with van der Waals surface area (Å²) in [6.45, 7) is 16.9. The van der Waals surface area contributed by atoms with Gasteiger partial charge in [0.1, 0.15) is 6.61 Å². The molecule has 2 radical (unpaired) electrons. The maximum absolute atomic E-state index is 12.5. The number of carbonyl (C=O) groups is 3. The van der Waals surface area contributed by atoms with Crippen LogP contribution in [0.4, 0.5) is 11.4 Å². The fourth-order valence-electron chi connectivity index (χ4n) is 5.31. The van der Waals surface area contributed by atoms with Gasteiger partial charge in [-0.2, -0.15) is 0 Å². The van der Waals surface area contributed by atoms with Gasteiger partial charge in [-0.25, -0.2) is 0 Å². The highest BCUT2D eigenvalue weighted by Crippen LogP contribution is 2.37. The maximum atomic E-state index is 12.5. The molecule has 2 amide bonds. The molecule has 2 aromatic rings. The van der Waals surface area contributed by atoms with Crippen molar-refractivity contribution in [1.29, 1.82) is 0 Å². The first-order valence-electron chi connectivity index (χ1n) is 12.2. The van der Waals surface area contributed by atoms with Crippen LogP contribution in [-0.4, -0.2) is 48.4 Å². The molecule has 2 heterocycles. The van der Waals surface area contributed by atoms with E-state index in [0.717, 1.165) is 27.4 Å². The SMILES string of the molecule is Cc1cc(C)c(N2[C]N(c3c(C)cc(C)cc3C)C(COC(=O)CCN3C(=O)C=CC3=O)C2)c(C)c1. The third-order valence-corrected chi connectivity index (χ3v) is 6.65. The monoisotopic (exact) mass is 487 g/mol. The highest BCUT2D eigenvalue weighted by atomic mass is 16.5. The van der Waals surface area contributed by atoms with E-state index in [9.17, 15) is 14.4 Å². The van der Waals surface area contributed by atoms with E-state index in [-0.39, 0.29) is 25.6 Å². The minimum Gasteiger partial charge on any atom is -0.463 e. The molecule has 7 nitrogen and oxygen atoms in total. The molecule has 2 aliphatic heterocycles. The molecular formula is C29H33N3O4. The van der Waals surface area contributed by atoms with E-state index in [1.54, 1.807) is 0 Å².